The van der Waals surface area contributed by atoms with Crippen molar-refractivity contribution in [2.75, 3.05) is 13.9 Å². The van der Waals surface area contributed by atoms with E-state index in [1.54, 1.807) is 19.2 Å². The number of phenols is 1. The number of methoxy groups -OCH3 is 1. The van der Waals surface area contributed by atoms with E-state index in [0.29, 0.717) is 5.75 Å². The van der Waals surface area contributed by atoms with Crippen molar-refractivity contribution >= 4 is 0 Å². The van der Waals surface area contributed by atoms with E-state index in [0.717, 1.165) is 11.1 Å². The first-order valence-electron chi connectivity index (χ1n) is 4.07. The lowest BCUT2D eigenvalue weighted by Gasteiger charge is -2.10. The molecule has 13 heavy (non-hydrogen) atoms. The van der Waals surface area contributed by atoms with Crippen LogP contribution in [-0.2, 0) is 4.74 Å². The molecular formula is C10H14O3. The SMILES string of the molecule is COCOc1cc(O)cc(C)c1C. The Labute approximate surface area is 77.9 Å². The fourth-order valence-electron chi connectivity index (χ4n) is 1.08. The van der Waals surface area contributed by atoms with Gasteiger partial charge in [-0.1, -0.05) is 0 Å². The summed E-state index contributed by atoms with van der Waals surface area (Å²) in [5, 5.41) is 9.30. The molecule has 0 bridgehead atoms. The highest BCUT2D eigenvalue weighted by atomic mass is 16.7. The predicted octanol–water partition coefficient (Wildman–Crippen LogP) is 1.99. The quantitative estimate of drug-likeness (QED) is 0.726. The lowest BCUT2D eigenvalue weighted by atomic mass is 10.1. The van der Waals surface area contributed by atoms with Gasteiger partial charge in [-0.15, -0.1) is 0 Å². The Morgan fingerprint density at radius 3 is 2.62 bits per heavy atom. The van der Waals surface area contributed by atoms with E-state index < -0.39 is 0 Å². The van der Waals surface area contributed by atoms with Gasteiger partial charge in [-0.3, -0.25) is 0 Å². The molecule has 0 aliphatic heterocycles. The molecule has 3 heteroatoms. The summed E-state index contributed by atoms with van der Waals surface area (Å²) in [6.45, 7) is 4.07. The van der Waals surface area contributed by atoms with Crippen LogP contribution in [0.25, 0.3) is 0 Å². The molecule has 1 aromatic rings. The Kier molecular flexibility index (Phi) is 3.14. The van der Waals surface area contributed by atoms with Crippen molar-refractivity contribution in [3.05, 3.63) is 23.3 Å². The normalized spacial score (nSPS) is 10.1. The average Bonchev–Trinajstić information content (AvgIpc) is 2.09. The van der Waals surface area contributed by atoms with Gasteiger partial charge in [0, 0.05) is 13.2 Å². The third-order valence-corrected chi connectivity index (χ3v) is 1.94. The Balaban J connectivity index is 2.92. The summed E-state index contributed by atoms with van der Waals surface area (Å²) in [4.78, 5) is 0. The van der Waals surface area contributed by atoms with Gasteiger partial charge in [0.05, 0.1) is 0 Å². The second-order valence-corrected chi connectivity index (χ2v) is 2.94. The molecule has 0 spiro atoms. The summed E-state index contributed by atoms with van der Waals surface area (Å²) >= 11 is 0. The summed E-state index contributed by atoms with van der Waals surface area (Å²) in [6, 6.07) is 3.29. The zero-order valence-corrected chi connectivity index (χ0v) is 8.13. The smallest absolute Gasteiger partial charge is 0.188 e. The van der Waals surface area contributed by atoms with Gasteiger partial charge in [-0.2, -0.15) is 0 Å². The zero-order chi connectivity index (χ0) is 9.84. The van der Waals surface area contributed by atoms with Crippen LogP contribution in [0.1, 0.15) is 11.1 Å². The van der Waals surface area contributed by atoms with Crippen LogP contribution >= 0.6 is 0 Å². The predicted molar refractivity (Wildman–Crippen MR) is 50.1 cm³/mol. The fourth-order valence-corrected chi connectivity index (χ4v) is 1.08. The molecular weight excluding hydrogens is 168 g/mol. The van der Waals surface area contributed by atoms with Crippen LogP contribution in [0.2, 0.25) is 0 Å². The number of phenolic OH excluding ortho intramolecular Hbond substituents is 1. The van der Waals surface area contributed by atoms with Crippen LogP contribution in [0, 0.1) is 13.8 Å². The molecule has 0 unspecified atom stereocenters. The highest BCUT2D eigenvalue weighted by molar-refractivity contribution is 5.44. The van der Waals surface area contributed by atoms with E-state index in [9.17, 15) is 5.11 Å². The molecule has 3 nitrogen and oxygen atoms in total. The van der Waals surface area contributed by atoms with Crippen molar-refractivity contribution in [1.29, 1.82) is 0 Å². The highest BCUT2D eigenvalue weighted by Crippen LogP contribution is 2.26. The first-order valence-corrected chi connectivity index (χ1v) is 4.07. The van der Waals surface area contributed by atoms with Crippen LogP contribution in [0.15, 0.2) is 12.1 Å². The molecule has 0 saturated heterocycles. The lowest BCUT2D eigenvalue weighted by molar-refractivity contribution is 0.0504. The maximum Gasteiger partial charge on any atom is 0.188 e. The topological polar surface area (TPSA) is 38.7 Å². The standard InChI is InChI=1S/C10H14O3/c1-7-4-9(11)5-10(8(7)2)13-6-12-3/h4-5,11H,6H2,1-3H3. The molecule has 0 heterocycles. The van der Waals surface area contributed by atoms with Crippen molar-refractivity contribution < 1.29 is 14.6 Å². The van der Waals surface area contributed by atoms with E-state index in [2.05, 4.69) is 0 Å². The summed E-state index contributed by atoms with van der Waals surface area (Å²) in [7, 11) is 1.56. The molecule has 0 aliphatic rings. The summed E-state index contributed by atoms with van der Waals surface area (Å²) in [5.74, 6) is 0.883. The minimum atomic E-state index is 0.198. The maximum absolute atomic E-state index is 9.30. The van der Waals surface area contributed by atoms with Crippen LogP contribution in [0.4, 0.5) is 0 Å². The molecule has 0 fully saturated rings. The van der Waals surface area contributed by atoms with Gasteiger partial charge in [0.2, 0.25) is 0 Å². The van der Waals surface area contributed by atoms with Gasteiger partial charge in [0.15, 0.2) is 6.79 Å². The Hall–Kier alpha value is -1.22. The number of benzene rings is 1. The summed E-state index contributed by atoms with van der Waals surface area (Å²) in [6.07, 6.45) is 0. The monoisotopic (exact) mass is 182 g/mol. The number of hydrogen-bond donors (Lipinski definition) is 1. The largest absolute Gasteiger partial charge is 0.508 e. The Morgan fingerprint density at radius 1 is 1.31 bits per heavy atom. The molecule has 72 valence electrons. The van der Waals surface area contributed by atoms with Crippen molar-refractivity contribution in [2.24, 2.45) is 0 Å². The van der Waals surface area contributed by atoms with Gasteiger partial charge in [0.25, 0.3) is 0 Å². The van der Waals surface area contributed by atoms with Gasteiger partial charge < -0.3 is 14.6 Å². The summed E-state index contributed by atoms with van der Waals surface area (Å²) < 4.78 is 10.0. The first-order chi connectivity index (χ1) is 6.15. The third kappa shape index (κ3) is 2.36. The summed E-state index contributed by atoms with van der Waals surface area (Å²) in [5.41, 5.74) is 2.03. The van der Waals surface area contributed by atoms with Crippen molar-refractivity contribution in [3.8, 4) is 11.5 Å². The second-order valence-electron chi connectivity index (χ2n) is 2.94. The van der Waals surface area contributed by atoms with Gasteiger partial charge in [-0.05, 0) is 31.0 Å². The van der Waals surface area contributed by atoms with E-state index >= 15 is 0 Å². The van der Waals surface area contributed by atoms with Gasteiger partial charge >= 0.3 is 0 Å². The minimum Gasteiger partial charge on any atom is -0.508 e. The van der Waals surface area contributed by atoms with Crippen molar-refractivity contribution in [3.63, 3.8) is 0 Å². The molecule has 1 rings (SSSR count). The third-order valence-electron chi connectivity index (χ3n) is 1.94. The molecule has 0 amide bonds. The van der Waals surface area contributed by atoms with Crippen molar-refractivity contribution in [2.45, 2.75) is 13.8 Å². The van der Waals surface area contributed by atoms with Crippen LogP contribution < -0.4 is 4.74 Å². The Bertz CT molecular complexity index is 294. The zero-order valence-electron chi connectivity index (χ0n) is 8.13. The number of rotatable bonds is 3. The highest BCUT2D eigenvalue weighted by Gasteiger charge is 2.04. The van der Waals surface area contributed by atoms with Crippen LogP contribution in [0.3, 0.4) is 0 Å². The number of aryl methyl sites for hydroxylation is 1. The average molecular weight is 182 g/mol. The minimum absolute atomic E-state index is 0.198. The van der Waals surface area contributed by atoms with Crippen molar-refractivity contribution in [1.82, 2.24) is 0 Å². The number of aromatic hydroxyl groups is 1. The Morgan fingerprint density at radius 2 is 2.00 bits per heavy atom. The second kappa shape index (κ2) is 4.14. The number of hydrogen-bond acceptors (Lipinski definition) is 3. The fraction of sp³-hybridized carbons (Fsp3) is 0.400. The molecule has 0 radical (unpaired) electrons. The molecule has 0 aromatic heterocycles. The molecule has 1 N–H and O–H groups in total. The molecule has 0 saturated carbocycles. The van der Waals surface area contributed by atoms with Crippen LogP contribution in [0.5, 0.6) is 11.5 Å². The lowest BCUT2D eigenvalue weighted by Crippen LogP contribution is -2.00. The molecule has 0 atom stereocenters. The molecule has 0 aliphatic carbocycles. The van der Waals surface area contributed by atoms with Gasteiger partial charge in [0.1, 0.15) is 11.5 Å². The van der Waals surface area contributed by atoms with E-state index in [1.165, 1.54) is 0 Å². The van der Waals surface area contributed by atoms with Gasteiger partial charge in [-0.25, -0.2) is 0 Å². The van der Waals surface area contributed by atoms with Crippen LogP contribution in [-0.4, -0.2) is 19.0 Å². The van der Waals surface area contributed by atoms with E-state index in [4.69, 9.17) is 9.47 Å². The van der Waals surface area contributed by atoms with E-state index in [1.807, 2.05) is 13.8 Å². The first kappa shape index (κ1) is 9.86. The molecule has 1 aromatic carbocycles. The van der Waals surface area contributed by atoms with E-state index in [-0.39, 0.29) is 12.5 Å². The maximum atomic E-state index is 9.30. The number of ether oxygens (including phenoxy) is 2.